The van der Waals surface area contributed by atoms with Gasteiger partial charge in [-0.2, -0.15) is 0 Å². The number of nitrogens with two attached hydrogens (primary N) is 1. The highest BCUT2D eigenvalue weighted by Crippen LogP contribution is 2.20. The Morgan fingerprint density at radius 2 is 2.18 bits per heavy atom. The van der Waals surface area contributed by atoms with Gasteiger partial charge in [0.2, 0.25) is 0 Å². The lowest BCUT2D eigenvalue weighted by molar-refractivity contribution is 0.726. The fourth-order valence-corrected chi connectivity index (χ4v) is 2.04. The molecule has 0 bridgehead atoms. The van der Waals surface area contributed by atoms with E-state index in [1.54, 1.807) is 4.52 Å². The molecule has 92 valence electrons. The van der Waals surface area contributed by atoms with Gasteiger partial charge in [-0.25, -0.2) is 9.50 Å². The van der Waals surface area contributed by atoms with Crippen molar-refractivity contribution >= 4 is 27.4 Å². The van der Waals surface area contributed by atoms with Crippen LogP contribution in [0.2, 0.25) is 0 Å². The molecule has 0 saturated heterocycles. The second kappa shape index (κ2) is 4.62. The average Bonchev–Trinajstić information content (AvgIpc) is 2.64. The number of hydrogen-bond acceptors (Lipinski definition) is 4. The van der Waals surface area contributed by atoms with Crippen LogP contribution < -0.4 is 10.6 Å². The topological polar surface area (TPSA) is 59.5 Å². The van der Waals surface area contributed by atoms with E-state index in [4.69, 9.17) is 5.73 Å². The summed E-state index contributed by atoms with van der Waals surface area (Å²) in [5.41, 5.74) is 7.24. The first-order chi connectivity index (χ1) is 8.04. The molecule has 0 unspecified atom stereocenters. The number of nitrogens with zero attached hydrogens (tertiary/aromatic N) is 4. The molecule has 5 nitrogen and oxygen atoms in total. The monoisotopic (exact) mass is 297 g/mol. The van der Waals surface area contributed by atoms with E-state index in [0.29, 0.717) is 12.6 Å². The Bertz CT molecular complexity index is 534. The molecule has 2 heterocycles. The van der Waals surface area contributed by atoms with Crippen molar-refractivity contribution in [3.8, 4) is 0 Å². The maximum Gasteiger partial charge on any atom is 0.155 e. The van der Waals surface area contributed by atoms with Crippen LogP contribution in [0.1, 0.15) is 19.5 Å². The van der Waals surface area contributed by atoms with Gasteiger partial charge in [0, 0.05) is 19.6 Å². The SMILES string of the molecule is CC(C)N(C)c1ccc2nc(CN)c(Br)n2n1. The third-order valence-corrected chi connectivity index (χ3v) is 3.60. The third kappa shape index (κ3) is 2.14. The van der Waals surface area contributed by atoms with Crippen molar-refractivity contribution in [3.63, 3.8) is 0 Å². The van der Waals surface area contributed by atoms with Gasteiger partial charge in [0.05, 0.1) is 5.69 Å². The molecular weight excluding hydrogens is 282 g/mol. The Morgan fingerprint density at radius 1 is 1.47 bits per heavy atom. The molecule has 2 aromatic heterocycles. The zero-order chi connectivity index (χ0) is 12.6. The minimum absolute atomic E-state index is 0.399. The molecule has 0 aromatic carbocycles. The largest absolute Gasteiger partial charge is 0.356 e. The van der Waals surface area contributed by atoms with Crippen molar-refractivity contribution in [2.75, 3.05) is 11.9 Å². The fourth-order valence-electron chi connectivity index (χ4n) is 1.52. The van der Waals surface area contributed by atoms with Gasteiger partial charge in [-0.05, 0) is 41.9 Å². The quantitative estimate of drug-likeness (QED) is 0.938. The van der Waals surface area contributed by atoms with Gasteiger partial charge in [-0.3, -0.25) is 0 Å². The first-order valence-corrected chi connectivity index (χ1v) is 6.31. The molecule has 2 aromatic rings. The summed E-state index contributed by atoms with van der Waals surface area (Å²) >= 11 is 3.47. The summed E-state index contributed by atoms with van der Waals surface area (Å²) in [5, 5.41) is 4.54. The summed E-state index contributed by atoms with van der Waals surface area (Å²) in [6.45, 7) is 4.65. The first kappa shape index (κ1) is 12.3. The molecule has 0 saturated carbocycles. The molecule has 17 heavy (non-hydrogen) atoms. The highest BCUT2D eigenvalue weighted by Gasteiger charge is 2.12. The molecule has 6 heteroatoms. The first-order valence-electron chi connectivity index (χ1n) is 5.51. The maximum atomic E-state index is 5.62. The molecule has 0 radical (unpaired) electrons. The van der Waals surface area contributed by atoms with E-state index in [9.17, 15) is 0 Å². The normalized spacial score (nSPS) is 11.4. The number of fused-ring (bicyclic) bond motifs is 1. The number of imidazole rings is 1. The zero-order valence-electron chi connectivity index (χ0n) is 10.2. The molecule has 0 spiro atoms. The maximum absolute atomic E-state index is 5.62. The van der Waals surface area contributed by atoms with Crippen molar-refractivity contribution < 1.29 is 0 Å². The summed E-state index contributed by atoms with van der Waals surface area (Å²) in [4.78, 5) is 6.49. The van der Waals surface area contributed by atoms with Crippen LogP contribution in [0.4, 0.5) is 5.82 Å². The fraction of sp³-hybridized carbons (Fsp3) is 0.455. The minimum atomic E-state index is 0.399. The van der Waals surface area contributed by atoms with Crippen molar-refractivity contribution in [2.45, 2.75) is 26.4 Å². The van der Waals surface area contributed by atoms with Crippen molar-refractivity contribution in [1.29, 1.82) is 0 Å². The van der Waals surface area contributed by atoms with E-state index in [-0.39, 0.29) is 0 Å². The van der Waals surface area contributed by atoms with Crippen LogP contribution in [0, 0.1) is 0 Å². The number of anilines is 1. The van der Waals surface area contributed by atoms with Crippen LogP contribution in [0.25, 0.3) is 5.65 Å². The van der Waals surface area contributed by atoms with Crippen molar-refractivity contribution in [2.24, 2.45) is 5.73 Å². The lowest BCUT2D eigenvalue weighted by Crippen LogP contribution is -2.27. The predicted molar refractivity (Wildman–Crippen MR) is 72.1 cm³/mol. The Hall–Kier alpha value is -1.14. The molecule has 0 atom stereocenters. The molecule has 2 rings (SSSR count). The zero-order valence-corrected chi connectivity index (χ0v) is 11.8. The van der Waals surface area contributed by atoms with Crippen LogP contribution in [0.15, 0.2) is 16.7 Å². The van der Waals surface area contributed by atoms with Crippen LogP contribution in [-0.4, -0.2) is 27.7 Å². The molecule has 0 aliphatic heterocycles. The van der Waals surface area contributed by atoms with Gasteiger partial charge >= 0.3 is 0 Å². The Balaban J connectivity index is 2.53. The number of rotatable bonds is 3. The van der Waals surface area contributed by atoms with Gasteiger partial charge in [-0.1, -0.05) is 0 Å². The summed E-state index contributed by atoms with van der Waals surface area (Å²) in [7, 11) is 2.02. The predicted octanol–water partition coefficient (Wildman–Crippen LogP) is 1.80. The Morgan fingerprint density at radius 3 is 2.76 bits per heavy atom. The lowest BCUT2D eigenvalue weighted by atomic mass is 10.3. The summed E-state index contributed by atoms with van der Waals surface area (Å²) in [5.74, 6) is 0.911. The third-order valence-electron chi connectivity index (χ3n) is 2.80. The van der Waals surface area contributed by atoms with Gasteiger partial charge in [-0.15, -0.1) is 5.10 Å². The molecule has 0 amide bonds. The Kier molecular flexibility index (Phi) is 3.35. The van der Waals surface area contributed by atoms with Crippen LogP contribution in [0.3, 0.4) is 0 Å². The van der Waals surface area contributed by atoms with E-state index in [1.807, 2.05) is 19.2 Å². The van der Waals surface area contributed by atoms with E-state index in [1.165, 1.54) is 0 Å². The highest BCUT2D eigenvalue weighted by atomic mass is 79.9. The molecule has 2 N–H and O–H groups in total. The molecule has 0 aliphatic carbocycles. The lowest BCUT2D eigenvalue weighted by Gasteiger charge is -2.22. The van der Waals surface area contributed by atoms with Gasteiger partial charge in [0.1, 0.15) is 10.4 Å². The summed E-state index contributed by atoms with van der Waals surface area (Å²) < 4.78 is 2.60. The number of hydrogen-bond donors (Lipinski definition) is 1. The molecule has 0 aliphatic rings. The summed E-state index contributed by atoms with van der Waals surface area (Å²) in [6, 6.07) is 4.32. The van der Waals surface area contributed by atoms with Gasteiger partial charge in [0.15, 0.2) is 5.65 Å². The van der Waals surface area contributed by atoms with Crippen molar-refractivity contribution in [3.05, 3.63) is 22.4 Å². The number of halogens is 1. The number of aromatic nitrogens is 3. The van der Waals surface area contributed by atoms with E-state index in [2.05, 4.69) is 44.8 Å². The van der Waals surface area contributed by atoms with Crippen LogP contribution in [0.5, 0.6) is 0 Å². The second-order valence-corrected chi connectivity index (χ2v) is 4.97. The second-order valence-electron chi connectivity index (χ2n) is 4.22. The molecular formula is C11H16BrN5. The van der Waals surface area contributed by atoms with Gasteiger partial charge < -0.3 is 10.6 Å². The average molecular weight is 298 g/mol. The molecule has 0 fully saturated rings. The van der Waals surface area contributed by atoms with Crippen LogP contribution >= 0.6 is 15.9 Å². The van der Waals surface area contributed by atoms with Gasteiger partial charge in [0.25, 0.3) is 0 Å². The van der Waals surface area contributed by atoms with Crippen LogP contribution in [-0.2, 0) is 6.54 Å². The van der Waals surface area contributed by atoms with E-state index >= 15 is 0 Å². The van der Waals surface area contributed by atoms with Crippen molar-refractivity contribution in [1.82, 2.24) is 14.6 Å². The highest BCUT2D eigenvalue weighted by molar-refractivity contribution is 9.10. The Labute approximate surface area is 109 Å². The van der Waals surface area contributed by atoms with E-state index < -0.39 is 0 Å². The standard InChI is InChI=1S/C11H16BrN5/c1-7(2)16(3)10-5-4-9-14-8(6-13)11(12)17(9)15-10/h4-5,7H,6,13H2,1-3H3. The summed E-state index contributed by atoms with van der Waals surface area (Å²) in [6.07, 6.45) is 0. The minimum Gasteiger partial charge on any atom is -0.356 e. The smallest absolute Gasteiger partial charge is 0.155 e. The van der Waals surface area contributed by atoms with E-state index in [0.717, 1.165) is 21.8 Å².